The number of phenols is 1. The van der Waals surface area contributed by atoms with E-state index in [-0.39, 0.29) is 41.0 Å². The van der Waals surface area contributed by atoms with E-state index in [1.54, 1.807) is 12.1 Å². The van der Waals surface area contributed by atoms with E-state index in [4.69, 9.17) is 15.2 Å². The van der Waals surface area contributed by atoms with Gasteiger partial charge in [-0.1, -0.05) is 0 Å². The Morgan fingerprint density at radius 1 is 1.05 bits per heavy atom. The smallest absolute Gasteiger partial charge is 0.417 e. The molecule has 0 saturated heterocycles. The first kappa shape index (κ1) is 28.6. The molecule has 3 aliphatic rings. The molecule has 0 spiro atoms. The Morgan fingerprint density at radius 2 is 1.69 bits per heavy atom. The third kappa shape index (κ3) is 4.25. The van der Waals surface area contributed by atoms with E-state index >= 15 is 0 Å². The van der Waals surface area contributed by atoms with Gasteiger partial charge in [-0.3, -0.25) is 24.6 Å². The number of aromatic hydroxyl groups is 1. The number of methoxy groups -OCH3 is 1. The fourth-order valence-electron chi connectivity index (χ4n) is 6.25. The summed E-state index contributed by atoms with van der Waals surface area (Å²) in [6, 6.07) is 7.67. The highest BCUT2D eigenvalue weighted by molar-refractivity contribution is 6.24. The van der Waals surface area contributed by atoms with Crippen molar-refractivity contribution in [2.75, 3.05) is 26.5 Å². The normalized spacial score (nSPS) is 25.0. The second-order valence-electron chi connectivity index (χ2n) is 10.6. The lowest BCUT2D eigenvalue weighted by molar-refractivity contribution is -0.153. The predicted molar refractivity (Wildman–Crippen MR) is 147 cm³/mol. The third-order valence-corrected chi connectivity index (χ3v) is 8.11. The van der Waals surface area contributed by atoms with Gasteiger partial charge >= 0.3 is 6.09 Å². The quantitative estimate of drug-likeness (QED) is 0.221. The molecule has 0 radical (unpaired) electrons. The minimum absolute atomic E-state index is 0.00108. The molecule has 0 bridgehead atoms. The van der Waals surface area contributed by atoms with E-state index in [0.29, 0.717) is 5.75 Å². The van der Waals surface area contributed by atoms with E-state index in [1.165, 1.54) is 50.4 Å². The van der Waals surface area contributed by atoms with E-state index in [0.717, 1.165) is 0 Å². The van der Waals surface area contributed by atoms with Crippen molar-refractivity contribution in [3.8, 4) is 17.2 Å². The van der Waals surface area contributed by atoms with Crippen molar-refractivity contribution in [2.24, 2.45) is 17.6 Å². The maximum absolute atomic E-state index is 13.9. The second-order valence-corrected chi connectivity index (χ2v) is 10.6. The summed E-state index contributed by atoms with van der Waals surface area (Å²) in [4.78, 5) is 53.3. The number of rotatable bonds is 5. The molecule has 2 amide bonds. The number of nitrogens with two attached hydrogens (primary N) is 1. The van der Waals surface area contributed by atoms with Gasteiger partial charge in [-0.2, -0.15) is 0 Å². The summed E-state index contributed by atoms with van der Waals surface area (Å²) in [5.74, 6) is -6.76. The van der Waals surface area contributed by atoms with E-state index < -0.39 is 69.9 Å². The molecule has 220 valence electrons. The van der Waals surface area contributed by atoms with Gasteiger partial charge in [0, 0.05) is 17.2 Å². The first-order valence-electron chi connectivity index (χ1n) is 12.9. The van der Waals surface area contributed by atoms with Gasteiger partial charge in [-0.25, -0.2) is 4.79 Å². The van der Waals surface area contributed by atoms with Crippen molar-refractivity contribution in [3.63, 3.8) is 0 Å². The van der Waals surface area contributed by atoms with Crippen LogP contribution in [-0.2, 0) is 20.8 Å². The molecule has 1 fully saturated rings. The molecular weight excluding hydrogens is 550 g/mol. The number of primary amides is 1. The molecule has 2 aromatic rings. The number of carbonyl (C=O) groups is 4. The molecule has 0 heterocycles. The number of anilines is 1. The topological polar surface area (TPSA) is 209 Å². The van der Waals surface area contributed by atoms with Crippen molar-refractivity contribution in [1.29, 1.82) is 0 Å². The highest BCUT2D eigenvalue weighted by Gasteiger charge is 2.64. The van der Waals surface area contributed by atoms with Crippen LogP contribution in [0.3, 0.4) is 0 Å². The number of benzene rings is 2. The summed E-state index contributed by atoms with van der Waals surface area (Å²) < 4.78 is 10.4. The maximum atomic E-state index is 13.9. The van der Waals surface area contributed by atoms with Crippen LogP contribution < -0.4 is 20.5 Å². The molecule has 13 nitrogen and oxygen atoms in total. The van der Waals surface area contributed by atoms with Crippen LogP contribution in [0, 0.1) is 11.8 Å². The first-order valence-corrected chi connectivity index (χ1v) is 12.9. The monoisotopic (exact) mass is 579 g/mol. The molecule has 4 atom stereocenters. The lowest BCUT2D eigenvalue weighted by Gasteiger charge is -2.50. The van der Waals surface area contributed by atoms with Gasteiger partial charge in [0.2, 0.25) is 5.78 Å². The van der Waals surface area contributed by atoms with Gasteiger partial charge in [0.1, 0.15) is 34.3 Å². The number of hydrogen-bond donors (Lipinski definition) is 6. The number of aliphatic hydroxyl groups is 3. The van der Waals surface area contributed by atoms with Crippen molar-refractivity contribution >= 4 is 35.0 Å². The van der Waals surface area contributed by atoms with Crippen molar-refractivity contribution < 1.29 is 49.1 Å². The number of Topliss-reactive ketones (excluding diaryl/α,β-unsaturated/α-hetero) is 2. The number of ketones is 2. The molecule has 2 aromatic carbocycles. The molecule has 0 aromatic heterocycles. The van der Waals surface area contributed by atoms with Crippen LogP contribution in [0.15, 0.2) is 53.3 Å². The Morgan fingerprint density at radius 3 is 2.29 bits per heavy atom. The van der Waals surface area contributed by atoms with E-state index in [1.807, 2.05) is 0 Å². The third-order valence-electron chi connectivity index (χ3n) is 8.11. The zero-order valence-electron chi connectivity index (χ0n) is 22.9. The number of hydrogen-bond acceptors (Lipinski definition) is 11. The fourth-order valence-corrected chi connectivity index (χ4v) is 6.25. The summed E-state index contributed by atoms with van der Waals surface area (Å²) in [6.45, 7) is 0. The Bertz CT molecular complexity index is 1590. The highest BCUT2D eigenvalue weighted by atomic mass is 16.6. The van der Waals surface area contributed by atoms with Gasteiger partial charge < -0.3 is 35.6 Å². The molecule has 1 saturated carbocycles. The summed E-state index contributed by atoms with van der Waals surface area (Å²) in [5, 5.41) is 47.1. The van der Waals surface area contributed by atoms with Crippen LogP contribution in [0.2, 0.25) is 0 Å². The van der Waals surface area contributed by atoms with Crippen LogP contribution in [0.5, 0.6) is 17.2 Å². The van der Waals surface area contributed by atoms with Gasteiger partial charge in [0.25, 0.3) is 5.91 Å². The SMILES string of the molecule is COc1ccc(OC(=O)Nc2ccc(O)c3c2C[C@@H]2C[C@@H]4[C@@H](N(C)C)C(=O)C(C(N)=O)=C(O)[C@]4(O)C(=O)C2=C3O)cc1. The second kappa shape index (κ2) is 10.2. The van der Waals surface area contributed by atoms with E-state index in [2.05, 4.69) is 5.32 Å². The molecule has 3 aliphatic carbocycles. The van der Waals surface area contributed by atoms with Crippen molar-refractivity contribution in [2.45, 2.75) is 24.5 Å². The number of nitrogens with one attached hydrogen (secondary N) is 1. The van der Waals surface area contributed by atoms with Crippen LogP contribution in [0.4, 0.5) is 10.5 Å². The van der Waals surface area contributed by atoms with Gasteiger partial charge in [-0.15, -0.1) is 0 Å². The molecule has 5 rings (SSSR count). The lowest BCUT2D eigenvalue weighted by atomic mass is 9.57. The molecule has 42 heavy (non-hydrogen) atoms. The fraction of sp³-hybridized carbons (Fsp3) is 0.310. The van der Waals surface area contributed by atoms with Crippen LogP contribution in [-0.4, -0.2) is 81.7 Å². The minimum Gasteiger partial charge on any atom is -0.508 e. The summed E-state index contributed by atoms with van der Waals surface area (Å²) in [5.41, 5.74) is 1.72. The number of likely N-dealkylation sites (N-methyl/N-ethyl adjacent to an activating group) is 1. The minimum atomic E-state index is -2.74. The first-order chi connectivity index (χ1) is 19.8. The standard InChI is InChI=1S/C29H29N3O10/c1-32(2)22-16-11-12-10-15-17(31-28(39)42-14-6-4-13(41-3)5-7-14)8-9-18(33)20(15)23(34)19(12)25(36)29(16,40)26(37)21(24(22)35)27(30)38/h4-9,12,16,22,33-34,37,40H,10-11H2,1-3H3,(H2,30,38)(H,31,39)/t12-,16-,22-,29-/m1/s1. The Labute approximate surface area is 239 Å². The molecule has 0 unspecified atom stereocenters. The van der Waals surface area contributed by atoms with Gasteiger partial charge in [-0.05, 0) is 74.8 Å². The van der Waals surface area contributed by atoms with Gasteiger partial charge in [0.05, 0.1) is 18.7 Å². The number of nitrogens with zero attached hydrogens (tertiary/aromatic N) is 1. The van der Waals surface area contributed by atoms with Gasteiger partial charge in [0.15, 0.2) is 11.4 Å². The Balaban J connectivity index is 1.56. The molecule has 7 N–H and O–H groups in total. The number of amides is 2. The highest BCUT2D eigenvalue weighted by Crippen LogP contribution is 2.53. The number of aliphatic hydroxyl groups excluding tert-OH is 2. The Kier molecular flexibility index (Phi) is 6.95. The largest absolute Gasteiger partial charge is 0.508 e. The predicted octanol–water partition coefficient (Wildman–Crippen LogP) is 1.58. The Hall–Kier alpha value is -4.88. The van der Waals surface area contributed by atoms with Crippen molar-refractivity contribution in [1.82, 2.24) is 4.90 Å². The van der Waals surface area contributed by atoms with Crippen LogP contribution in [0.25, 0.3) is 5.76 Å². The van der Waals surface area contributed by atoms with Crippen molar-refractivity contribution in [3.05, 3.63) is 64.4 Å². The number of fused-ring (bicyclic) bond motifs is 3. The average Bonchev–Trinajstić information content (AvgIpc) is 2.92. The van der Waals surface area contributed by atoms with E-state index in [9.17, 15) is 39.6 Å². The molecule has 13 heteroatoms. The number of ether oxygens (including phenoxy) is 2. The zero-order chi connectivity index (χ0) is 30.7. The lowest BCUT2D eigenvalue weighted by Crippen LogP contribution is -2.65. The summed E-state index contributed by atoms with van der Waals surface area (Å²) in [6.07, 6.45) is -0.950. The zero-order valence-corrected chi connectivity index (χ0v) is 22.9. The van der Waals surface area contributed by atoms with Crippen LogP contribution >= 0.6 is 0 Å². The number of phenolic OH excluding ortho intramolecular Hbond substituents is 1. The molecule has 0 aliphatic heterocycles. The van der Waals surface area contributed by atoms with Crippen LogP contribution in [0.1, 0.15) is 17.5 Å². The maximum Gasteiger partial charge on any atom is 0.417 e. The summed E-state index contributed by atoms with van der Waals surface area (Å²) >= 11 is 0. The average molecular weight is 580 g/mol. The molecular formula is C29H29N3O10. The number of carbonyl (C=O) groups excluding carboxylic acids is 4. The summed E-state index contributed by atoms with van der Waals surface area (Å²) in [7, 11) is 4.53.